The van der Waals surface area contributed by atoms with Crippen molar-refractivity contribution in [2.45, 2.75) is 51.8 Å². The first-order valence-corrected chi connectivity index (χ1v) is 9.73. The lowest BCUT2D eigenvalue weighted by molar-refractivity contribution is -0.133. The molecule has 2 unspecified atom stereocenters. The highest BCUT2D eigenvalue weighted by Gasteiger charge is 2.29. The van der Waals surface area contributed by atoms with E-state index in [4.69, 9.17) is 10.5 Å². The van der Waals surface area contributed by atoms with Crippen LogP contribution in [0.3, 0.4) is 0 Å². The molecule has 0 saturated carbocycles. The summed E-state index contributed by atoms with van der Waals surface area (Å²) in [7, 11) is 0. The molecule has 3 amide bonds. The zero-order valence-electron chi connectivity index (χ0n) is 16.5. The molecule has 3 rings (SSSR count). The molecule has 3 atom stereocenters. The fourth-order valence-corrected chi connectivity index (χ4v) is 3.67. The summed E-state index contributed by atoms with van der Waals surface area (Å²) in [6.07, 6.45) is 1.10. The number of hydrogen-bond donors (Lipinski definition) is 3. The number of nitrogens with zero attached hydrogens (tertiary/aromatic N) is 1. The average Bonchev–Trinajstić information content (AvgIpc) is 2.67. The van der Waals surface area contributed by atoms with Crippen molar-refractivity contribution in [3.05, 3.63) is 23.8 Å². The molecule has 1 aromatic carbocycles. The molecule has 0 radical (unpaired) electrons. The third kappa shape index (κ3) is 4.27. The second-order valence-corrected chi connectivity index (χ2v) is 7.67. The smallest absolute Gasteiger partial charge is 0.265 e. The summed E-state index contributed by atoms with van der Waals surface area (Å²) in [6, 6.07) is 4.51. The van der Waals surface area contributed by atoms with Gasteiger partial charge in [0.05, 0.1) is 11.7 Å². The molecule has 1 saturated heterocycles. The Bertz CT molecular complexity index is 771. The van der Waals surface area contributed by atoms with Crippen molar-refractivity contribution in [2.24, 2.45) is 11.7 Å². The maximum atomic E-state index is 12.6. The Morgan fingerprint density at radius 2 is 1.96 bits per heavy atom. The highest BCUT2D eigenvalue weighted by molar-refractivity contribution is 6.01. The number of rotatable bonds is 4. The Balaban J connectivity index is 1.57. The van der Waals surface area contributed by atoms with Crippen LogP contribution in [0.5, 0.6) is 5.75 Å². The molecule has 8 heteroatoms. The van der Waals surface area contributed by atoms with Gasteiger partial charge in [0.25, 0.3) is 11.8 Å². The van der Waals surface area contributed by atoms with Gasteiger partial charge in [-0.05, 0) is 57.7 Å². The normalized spacial score (nSPS) is 21.8. The molecule has 0 spiro atoms. The van der Waals surface area contributed by atoms with E-state index in [2.05, 4.69) is 10.6 Å². The summed E-state index contributed by atoms with van der Waals surface area (Å²) >= 11 is 0. The van der Waals surface area contributed by atoms with E-state index in [1.54, 1.807) is 36.9 Å². The highest BCUT2D eigenvalue weighted by Crippen LogP contribution is 2.30. The third-order valence-corrected chi connectivity index (χ3v) is 5.48. The molecule has 28 heavy (non-hydrogen) atoms. The third-order valence-electron chi connectivity index (χ3n) is 5.48. The number of carbonyl (C=O) groups excluding carboxylic acids is 3. The largest absolute Gasteiger partial charge is 0.479 e. The van der Waals surface area contributed by atoms with Crippen molar-refractivity contribution in [3.8, 4) is 5.75 Å². The fraction of sp³-hybridized carbons (Fsp3) is 0.550. The van der Waals surface area contributed by atoms with Gasteiger partial charge >= 0.3 is 0 Å². The SMILES string of the molecule is CC1Oc2ccc(C(=O)NC(C)C3CCN(C(=O)[C@H](C)N)CC3)cc2NC1=O. The zero-order chi connectivity index (χ0) is 20.4. The van der Waals surface area contributed by atoms with Gasteiger partial charge in [-0.25, -0.2) is 0 Å². The second-order valence-electron chi connectivity index (χ2n) is 7.67. The number of nitrogens with two attached hydrogens (primary N) is 1. The lowest BCUT2D eigenvalue weighted by Crippen LogP contribution is -2.49. The average molecular weight is 388 g/mol. The van der Waals surface area contributed by atoms with Crippen LogP contribution in [0.25, 0.3) is 0 Å². The van der Waals surface area contributed by atoms with Crippen LogP contribution in [-0.2, 0) is 9.59 Å². The van der Waals surface area contributed by atoms with E-state index in [-0.39, 0.29) is 23.8 Å². The summed E-state index contributed by atoms with van der Waals surface area (Å²) in [5.74, 6) is 0.400. The van der Waals surface area contributed by atoms with Gasteiger partial charge in [-0.1, -0.05) is 0 Å². The summed E-state index contributed by atoms with van der Waals surface area (Å²) in [4.78, 5) is 38.2. The van der Waals surface area contributed by atoms with Crippen LogP contribution in [0.1, 0.15) is 44.0 Å². The number of anilines is 1. The minimum Gasteiger partial charge on any atom is -0.479 e. The van der Waals surface area contributed by atoms with Gasteiger partial charge in [0.1, 0.15) is 5.75 Å². The first kappa shape index (κ1) is 20.1. The van der Waals surface area contributed by atoms with E-state index >= 15 is 0 Å². The standard InChI is InChI=1S/C20H28N4O4/c1-11(21)20(27)24-8-6-14(7-9-24)12(2)22-19(26)15-4-5-17-16(10-15)23-18(25)13(3)28-17/h4-5,10-14H,6-9,21H2,1-3H3,(H,22,26)(H,23,25)/t11-,12?,13?/m0/s1. The Labute approximate surface area is 164 Å². The molecule has 2 aliphatic rings. The van der Waals surface area contributed by atoms with Crippen LogP contribution in [0.15, 0.2) is 18.2 Å². The van der Waals surface area contributed by atoms with E-state index in [1.807, 2.05) is 6.92 Å². The first-order chi connectivity index (χ1) is 13.3. The number of amides is 3. The van der Waals surface area contributed by atoms with Crippen molar-refractivity contribution in [3.63, 3.8) is 0 Å². The van der Waals surface area contributed by atoms with Crippen molar-refractivity contribution in [1.82, 2.24) is 10.2 Å². The lowest BCUT2D eigenvalue weighted by Gasteiger charge is -2.35. The molecule has 4 N–H and O–H groups in total. The molecule has 152 valence electrons. The van der Waals surface area contributed by atoms with E-state index < -0.39 is 12.1 Å². The van der Waals surface area contributed by atoms with E-state index in [9.17, 15) is 14.4 Å². The summed E-state index contributed by atoms with van der Waals surface area (Å²) in [6.45, 7) is 6.67. The van der Waals surface area contributed by atoms with Gasteiger partial charge < -0.3 is 26.0 Å². The molecular weight excluding hydrogens is 360 g/mol. The Kier molecular flexibility index (Phi) is 5.88. The van der Waals surface area contributed by atoms with Gasteiger partial charge in [0.15, 0.2) is 6.10 Å². The number of benzene rings is 1. The van der Waals surface area contributed by atoms with Crippen molar-refractivity contribution in [1.29, 1.82) is 0 Å². The van der Waals surface area contributed by atoms with E-state index in [0.717, 1.165) is 12.8 Å². The van der Waals surface area contributed by atoms with Crippen LogP contribution in [0.2, 0.25) is 0 Å². The summed E-state index contributed by atoms with van der Waals surface area (Å²) in [5, 5.41) is 5.79. The molecule has 2 heterocycles. The van der Waals surface area contributed by atoms with Crippen LogP contribution in [-0.4, -0.2) is 53.9 Å². The van der Waals surface area contributed by atoms with E-state index in [1.165, 1.54) is 0 Å². The minimum absolute atomic E-state index is 0.0252. The van der Waals surface area contributed by atoms with Crippen LogP contribution in [0.4, 0.5) is 5.69 Å². The molecule has 2 aliphatic heterocycles. The summed E-state index contributed by atoms with van der Waals surface area (Å²) < 4.78 is 5.52. The van der Waals surface area contributed by atoms with Crippen molar-refractivity contribution >= 4 is 23.4 Å². The molecule has 0 aromatic heterocycles. The van der Waals surface area contributed by atoms with Crippen molar-refractivity contribution < 1.29 is 19.1 Å². The van der Waals surface area contributed by atoms with Crippen LogP contribution >= 0.6 is 0 Å². The molecule has 1 aromatic rings. The van der Waals surface area contributed by atoms with Gasteiger partial charge in [0.2, 0.25) is 5.91 Å². The van der Waals surface area contributed by atoms with Gasteiger partial charge in [-0.15, -0.1) is 0 Å². The monoisotopic (exact) mass is 388 g/mol. The minimum atomic E-state index is -0.549. The van der Waals surface area contributed by atoms with Gasteiger partial charge in [-0.2, -0.15) is 0 Å². The second kappa shape index (κ2) is 8.18. The highest BCUT2D eigenvalue weighted by atomic mass is 16.5. The number of likely N-dealkylation sites (tertiary alicyclic amines) is 1. The Morgan fingerprint density at radius 1 is 1.29 bits per heavy atom. The predicted octanol–water partition coefficient (Wildman–Crippen LogP) is 1.11. The van der Waals surface area contributed by atoms with E-state index in [0.29, 0.717) is 36.0 Å². The first-order valence-electron chi connectivity index (χ1n) is 9.73. The maximum absolute atomic E-state index is 12.6. The maximum Gasteiger partial charge on any atom is 0.265 e. The fourth-order valence-electron chi connectivity index (χ4n) is 3.67. The number of piperidine rings is 1. The van der Waals surface area contributed by atoms with Crippen LogP contribution in [0, 0.1) is 5.92 Å². The lowest BCUT2D eigenvalue weighted by atomic mass is 9.90. The number of nitrogens with one attached hydrogen (secondary N) is 2. The summed E-state index contributed by atoms with van der Waals surface area (Å²) in [5.41, 5.74) is 6.64. The number of fused-ring (bicyclic) bond motifs is 1. The van der Waals surface area contributed by atoms with Gasteiger partial charge in [0, 0.05) is 24.7 Å². The zero-order valence-corrected chi connectivity index (χ0v) is 16.5. The quantitative estimate of drug-likeness (QED) is 0.715. The molecule has 0 bridgehead atoms. The van der Waals surface area contributed by atoms with Gasteiger partial charge in [-0.3, -0.25) is 14.4 Å². The molecular formula is C20H28N4O4. The predicted molar refractivity (Wildman–Crippen MR) is 105 cm³/mol. The molecule has 0 aliphatic carbocycles. The number of carbonyl (C=O) groups is 3. The van der Waals surface area contributed by atoms with Crippen LogP contribution < -0.4 is 21.1 Å². The topological polar surface area (TPSA) is 114 Å². The Hall–Kier alpha value is -2.61. The number of hydrogen-bond acceptors (Lipinski definition) is 5. The molecule has 8 nitrogen and oxygen atoms in total. The number of ether oxygens (including phenoxy) is 1. The Morgan fingerprint density at radius 3 is 2.61 bits per heavy atom. The molecule has 1 fully saturated rings. The van der Waals surface area contributed by atoms with Crippen molar-refractivity contribution in [2.75, 3.05) is 18.4 Å².